The van der Waals surface area contributed by atoms with Gasteiger partial charge in [-0.25, -0.2) is 13.8 Å². The molecule has 0 saturated heterocycles. The van der Waals surface area contributed by atoms with Gasteiger partial charge in [0.15, 0.2) is 0 Å². The summed E-state index contributed by atoms with van der Waals surface area (Å²) in [5.74, 6) is 1.65. The van der Waals surface area contributed by atoms with Crippen molar-refractivity contribution in [2.45, 2.75) is 105 Å². The van der Waals surface area contributed by atoms with Crippen molar-refractivity contribution in [3.05, 3.63) is 216 Å². The lowest BCUT2D eigenvalue weighted by Crippen LogP contribution is -2.25. The molecule has 0 N–H and O–H groups in total. The number of pyridine rings is 1. The second-order valence-electron chi connectivity index (χ2n) is 24.9. The van der Waals surface area contributed by atoms with Crippen molar-refractivity contribution in [1.29, 1.82) is 0 Å². The summed E-state index contributed by atoms with van der Waals surface area (Å²) in [6.07, 6.45) is 1.91. The molecule has 0 radical (unpaired) electrons. The molecule has 0 fully saturated rings. The zero-order valence-electron chi connectivity index (χ0n) is 46.5. The fraction of sp³-hybridized carbons (Fsp3) is 0.243. The number of ether oxygens (including phenoxy) is 1. The summed E-state index contributed by atoms with van der Waals surface area (Å²) >= 11 is 0. The van der Waals surface area contributed by atoms with Crippen LogP contribution in [0.3, 0.4) is 0 Å². The van der Waals surface area contributed by atoms with Crippen molar-refractivity contribution in [2.75, 3.05) is 16.5 Å². The number of halogens is 2. The van der Waals surface area contributed by atoms with E-state index in [1.807, 2.05) is 36.5 Å². The maximum atomic E-state index is 14.6. The van der Waals surface area contributed by atoms with Gasteiger partial charge in [0.2, 0.25) is 0 Å². The highest BCUT2D eigenvalue weighted by Crippen LogP contribution is 2.52. The minimum Gasteiger partial charge on any atom is -0.457 e. The van der Waals surface area contributed by atoms with Crippen LogP contribution in [0, 0.1) is 11.6 Å². The Hall–Kier alpha value is -8.03. The molecule has 77 heavy (non-hydrogen) atoms. The van der Waals surface area contributed by atoms with E-state index >= 15 is 0 Å². The van der Waals surface area contributed by atoms with Gasteiger partial charge in [-0.05, 0) is 145 Å². The molecular weight excluding hydrogens is 951 g/mol. The fourth-order valence-electron chi connectivity index (χ4n) is 11.1. The predicted molar refractivity (Wildman–Crippen MR) is 318 cm³/mol. The third-order valence-corrected chi connectivity index (χ3v) is 15.2. The minimum atomic E-state index is -0.303. The number of aromatic nitrogens is 2. The third-order valence-electron chi connectivity index (χ3n) is 15.2. The number of rotatable bonds is 8. The summed E-state index contributed by atoms with van der Waals surface area (Å²) in [6.45, 7) is 27.9. The van der Waals surface area contributed by atoms with E-state index in [1.165, 1.54) is 52.1 Å². The van der Waals surface area contributed by atoms with E-state index in [-0.39, 0.29) is 33.3 Å². The van der Waals surface area contributed by atoms with E-state index < -0.39 is 0 Å². The Balaban J connectivity index is 1.13. The second kappa shape index (κ2) is 18.9. The number of anilines is 4. The smallest absolute Gasteiger partial charge is 0.137 e. The quantitative estimate of drug-likeness (QED) is 0.152. The van der Waals surface area contributed by atoms with Gasteiger partial charge in [0.05, 0.1) is 28.1 Å². The Morgan fingerprint density at radius 1 is 0.442 bits per heavy atom. The minimum absolute atomic E-state index is 0.0655. The molecule has 0 atom stereocenters. The van der Waals surface area contributed by atoms with Crippen molar-refractivity contribution in [3.63, 3.8) is 0 Å². The SMILES string of the molecule is CC(C)(C)c1ccnc(-n2c3ccccc3c3ccc(Oc4cc(-c5c(C(C)(C)C)cc(C(C)(C)C)cc5C(C)(C)C)cc(N5CN(c6c(-c7ccc(F)cc7)cccc6-c6ccc(F)cc6)c6ccccc65)c4)cc32)c1. The monoisotopic (exact) mass is 1020 g/mol. The molecule has 5 nitrogen and oxygen atoms in total. The van der Waals surface area contributed by atoms with Crippen LogP contribution in [-0.4, -0.2) is 16.2 Å². The summed E-state index contributed by atoms with van der Waals surface area (Å²) in [6, 6.07) is 58.9. The molecule has 3 heterocycles. The zero-order chi connectivity index (χ0) is 54.3. The summed E-state index contributed by atoms with van der Waals surface area (Å²) in [5, 5.41) is 2.26. The molecule has 1 aliphatic heterocycles. The topological polar surface area (TPSA) is 33.5 Å². The van der Waals surface area contributed by atoms with Gasteiger partial charge in [-0.3, -0.25) is 4.57 Å². The number of benzene rings is 8. The first kappa shape index (κ1) is 51.1. The van der Waals surface area contributed by atoms with E-state index in [2.05, 4.69) is 219 Å². The van der Waals surface area contributed by atoms with Crippen molar-refractivity contribution >= 4 is 44.6 Å². The van der Waals surface area contributed by atoms with Crippen molar-refractivity contribution in [2.24, 2.45) is 0 Å². The molecule has 10 aromatic rings. The molecule has 388 valence electrons. The lowest BCUT2D eigenvalue weighted by Gasteiger charge is -2.34. The number of nitrogens with zero attached hydrogens (tertiary/aromatic N) is 4. The van der Waals surface area contributed by atoms with Crippen LogP contribution in [0.1, 0.15) is 105 Å². The molecule has 1 aliphatic rings. The Morgan fingerprint density at radius 3 is 1.58 bits per heavy atom. The van der Waals surface area contributed by atoms with Crippen molar-refractivity contribution in [1.82, 2.24) is 9.55 Å². The highest BCUT2D eigenvalue weighted by molar-refractivity contribution is 6.09. The first-order valence-corrected chi connectivity index (χ1v) is 26.8. The number of para-hydroxylation sites is 4. The van der Waals surface area contributed by atoms with Crippen molar-refractivity contribution < 1.29 is 13.5 Å². The molecular formula is C70H68F2N4O. The van der Waals surface area contributed by atoms with Crippen LogP contribution in [0.5, 0.6) is 11.5 Å². The van der Waals surface area contributed by atoms with Crippen LogP contribution in [0.4, 0.5) is 31.5 Å². The van der Waals surface area contributed by atoms with E-state index in [0.717, 1.165) is 78.2 Å². The van der Waals surface area contributed by atoms with E-state index in [9.17, 15) is 8.78 Å². The molecule has 8 aromatic carbocycles. The highest BCUT2D eigenvalue weighted by atomic mass is 19.1. The number of hydrogen-bond donors (Lipinski definition) is 0. The maximum absolute atomic E-state index is 14.6. The molecule has 0 unspecified atom stereocenters. The number of hydrogen-bond acceptors (Lipinski definition) is 4. The average molecular weight is 1020 g/mol. The Kier molecular flexibility index (Phi) is 12.5. The first-order valence-electron chi connectivity index (χ1n) is 26.8. The zero-order valence-corrected chi connectivity index (χ0v) is 46.5. The third kappa shape index (κ3) is 9.66. The van der Waals surface area contributed by atoms with Crippen LogP contribution in [0.15, 0.2) is 182 Å². The summed E-state index contributed by atoms with van der Waals surface area (Å²) in [7, 11) is 0. The molecule has 0 saturated carbocycles. The fourth-order valence-corrected chi connectivity index (χ4v) is 11.1. The molecule has 11 rings (SSSR count). The van der Waals surface area contributed by atoms with Crippen LogP contribution in [0.2, 0.25) is 0 Å². The van der Waals surface area contributed by atoms with Crippen LogP contribution in [-0.2, 0) is 21.7 Å². The standard InChI is InChI=1S/C70H68F2N4O/c1-67(2,3)47-34-35-73-64(40-47)76-60-21-14-13-18-56(60)57-33-32-52(42-63(57)76)77-53-37-46(65-58(69(7,8)9)38-48(68(4,5)6)39-59(65)70(10,11)12)36-51(41-53)74-43-75(62-23-16-15-22-61(62)74)66-54(44-24-28-49(71)29-25-44)19-17-20-55(66)45-26-30-50(72)31-27-45/h13-42H,43H2,1-12H3. The van der Waals surface area contributed by atoms with E-state index in [4.69, 9.17) is 9.72 Å². The lowest BCUT2D eigenvalue weighted by atomic mass is 9.71. The van der Waals surface area contributed by atoms with Gasteiger partial charge in [-0.15, -0.1) is 0 Å². The highest BCUT2D eigenvalue weighted by Gasteiger charge is 2.34. The van der Waals surface area contributed by atoms with Crippen LogP contribution in [0.25, 0.3) is 61.0 Å². The second-order valence-corrected chi connectivity index (χ2v) is 24.9. The molecule has 2 aromatic heterocycles. The largest absolute Gasteiger partial charge is 0.457 e. The maximum Gasteiger partial charge on any atom is 0.137 e. The van der Waals surface area contributed by atoms with Gasteiger partial charge < -0.3 is 14.5 Å². The van der Waals surface area contributed by atoms with Crippen molar-refractivity contribution in [3.8, 4) is 50.7 Å². The first-order chi connectivity index (χ1) is 36.5. The Labute approximate surface area is 453 Å². The summed E-state index contributed by atoms with van der Waals surface area (Å²) in [5.41, 5.74) is 16.3. The van der Waals surface area contributed by atoms with Gasteiger partial charge in [0.1, 0.15) is 35.6 Å². The lowest BCUT2D eigenvalue weighted by molar-refractivity contribution is 0.483. The average Bonchev–Trinajstić information content (AvgIpc) is 4.05. The van der Waals surface area contributed by atoms with Gasteiger partial charge in [-0.2, -0.15) is 0 Å². The Morgan fingerprint density at radius 2 is 1.00 bits per heavy atom. The molecule has 0 aliphatic carbocycles. The van der Waals surface area contributed by atoms with Gasteiger partial charge in [-0.1, -0.05) is 168 Å². The van der Waals surface area contributed by atoms with E-state index in [0.29, 0.717) is 18.2 Å². The normalized spacial score (nSPS) is 13.2. The Bertz CT molecular complexity index is 3780. The summed E-state index contributed by atoms with van der Waals surface area (Å²) < 4.78 is 38.7. The summed E-state index contributed by atoms with van der Waals surface area (Å²) in [4.78, 5) is 9.68. The molecule has 0 spiro atoms. The van der Waals surface area contributed by atoms with Gasteiger partial charge >= 0.3 is 0 Å². The molecule has 7 heteroatoms. The van der Waals surface area contributed by atoms with E-state index in [1.54, 1.807) is 0 Å². The van der Waals surface area contributed by atoms with Gasteiger partial charge in [0, 0.05) is 45.9 Å². The molecule has 0 bridgehead atoms. The van der Waals surface area contributed by atoms with Crippen LogP contribution < -0.4 is 14.5 Å². The predicted octanol–water partition coefficient (Wildman–Crippen LogP) is 19.7. The number of fused-ring (bicyclic) bond motifs is 4. The van der Waals surface area contributed by atoms with Gasteiger partial charge in [0.25, 0.3) is 0 Å². The molecule has 0 amide bonds. The van der Waals surface area contributed by atoms with Crippen LogP contribution >= 0.6 is 0 Å².